The zero-order valence-corrected chi connectivity index (χ0v) is 15.4. The van der Waals surface area contributed by atoms with E-state index in [0.717, 1.165) is 16.3 Å². The molecule has 1 aliphatic heterocycles. The number of anilines is 1. The van der Waals surface area contributed by atoms with Gasteiger partial charge in [-0.2, -0.15) is 10.1 Å². The molecule has 3 aromatic rings. The molecule has 2 aromatic carbocycles. The summed E-state index contributed by atoms with van der Waals surface area (Å²) < 4.78 is 12.7. The minimum atomic E-state index is -0.510. The number of hydrogen-bond donors (Lipinski definition) is 1. The van der Waals surface area contributed by atoms with E-state index in [4.69, 9.17) is 9.47 Å². The SMILES string of the molecule is CCOC(=O)C1=C(C)Nc2ncnn2[C@@H]1c1c(OC)ccc2ccccc12. The summed E-state index contributed by atoms with van der Waals surface area (Å²) in [7, 11) is 1.62. The molecule has 0 aliphatic carbocycles. The van der Waals surface area contributed by atoms with Crippen LogP contribution in [-0.2, 0) is 9.53 Å². The molecule has 0 unspecified atom stereocenters. The largest absolute Gasteiger partial charge is 0.496 e. The minimum Gasteiger partial charge on any atom is -0.496 e. The molecule has 7 heteroatoms. The summed E-state index contributed by atoms with van der Waals surface area (Å²) in [6.07, 6.45) is 1.47. The van der Waals surface area contributed by atoms with E-state index >= 15 is 0 Å². The number of rotatable bonds is 4. The van der Waals surface area contributed by atoms with E-state index in [1.54, 1.807) is 18.7 Å². The molecular formula is C20H20N4O3. The lowest BCUT2D eigenvalue weighted by atomic mass is 9.90. The first-order valence-corrected chi connectivity index (χ1v) is 8.75. The van der Waals surface area contributed by atoms with E-state index in [-0.39, 0.29) is 5.97 Å². The third-order valence-corrected chi connectivity index (χ3v) is 4.71. The molecule has 0 spiro atoms. The van der Waals surface area contributed by atoms with Crippen LogP contribution < -0.4 is 10.1 Å². The van der Waals surface area contributed by atoms with E-state index < -0.39 is 6.04 Å². The smallest absolute Gasteiger partial charge is 0.338 e. The molecule has 0 radical (unpaired) electrons. The van der Waals surface area contributed by atoms with Crippen LogP contribution in [0.3, 0.4) is 0 Å². The lowest BCUT2D eigenvalue weighted by Gasteiger charge is -2.29. The van der Waals surface area contributed by atoms with Crippen molar-refractivity contribution in [2.75, 3.05) is 19.0 Å². The Morgan fingerprint density at radius 2 is 2.07 bits per heavy atom. The number of allylic oxidation sites excluding steroid dienone is 1. The predicted molar refractivity (Wildman–Crippen MR) is 102 cm³/mol. The zero-order chi connectivity index (χ0) is 19.0. The van der Waals surface area contributed by atoms with Crippen molar-refractivity contribution in [2.45, 2.75) is 19.9 Å². The van der Waals surface area contributed by atoms with Gasteiger partial charge in [0.1, 0.15) is 18.1 Å². The van der Waals surface area contributed by atoms with Gasteiger partial charge in [0.2, 0.25) is 5.95 Å². The van der Waals surface area contributed by atoms with E-state index in [2.05, 4.69) is 15.4 Å². The summed E-state index contributed by atoms with van der Waals surface area (Å²) in [5.74, 6) is 0.862. The van der Waals surface area contributed by atoms with Crippen LogP contribution in [0.5, 0.6) is 5.75 Å². The van der Waals surface area contributed by atoms with Crippen molar-refractivity contribution in [2.24, 2.45) is 0 Å². The summed E-state index contributed by atoms with van der Waals surface area (Å²) in [6.45, 7) is 3.92. The van der Waals surface area contributed by atoms with Gasteiger partial charge >= 0.3 is 5.97 Å². The average molecular weight is 364 g/mol. The number of carbonyl (C=O) groups excluding carboxylic acids is 1. The Labute approximate surface area is 156 Å². The molecule has 1 atom stereocenters. The number of methoxy groups -OCH3 is 1. The average Bonchev–Trinajstić information content (AvgIpc) is 3.14. The molecule has 0 bridgehead atoms. The Bertz CT molecular complexity index is 1050. The fourth-order valence-electron chi connectivity index (χ4n) is 3.57. The maximum Gasteiger partial charge on any atom is 0.338 e. The number of hydrogen-bond acceptors (Lipinski definition) is 6. The van der Waals surface area contributed by atoms with Crippen LogP contribution in [0.1, 0.15) is 25.5 Å². The first kappa shape index (κ1) is 17.1. The highest BCUT2D eigenvalue weighted by Gasteiger charge is 2.36. The number of esters is 1. The molecule has 0 saturated heterocycles. The van der Waals surface area contributed by atoms with E-state index in [1.165, 1.54) is 6.33 Å². The van der Waals surface area contributed by atoms with Gasteiger partial charge in [-0.05, 0) is 30.7 Å². The molecule has 4 rings (SSSR count). The number of benzene rings is 2. The van der Waals surface area contributed by atoms with Crippen molar-refractivity contribution >= 4 is 22.7 Å². The van der Waals surface area contributed by atoms with Crippen LogP contribution in [0.4, 0.5) is 5.95 Å². The Morgan fingerprint density at radius 3 is 2.85 bits per heavy atom. The summed E-state index contributed by atoms with van der Waals surface area (Å²) in [5, 5.41) is 9.55. The molecule has 7 nitrogen and oxygen atoms in total. The molecule has 138 valence electrons. The molecule has 1 aromatic heterocycles. The summed E-state index contributed by atoms with van der Waals surface area (Å²) in [6, 6.07) is 11.4. The fraction of sp³-hybridized carbons (Fsp3) is 0.250. The number of aromatic nitrogens is 3. The van der Waals surface area contributed by atoms with Gasteiger partial charge in [-0.3, -0.25) is 0 Å². The zero-order valence-electron chi connectivity index (χ0n) is 15.4. The molecule has 0 fully saturated rings. The molecule has 0 saturated carbocycles. The standard InChI is InChI=1S/C20H20N4O3/c1-4-27-19(25)16-12(2)23-20-21-11-22-24(20)18(16)17-14-8-6-5-7-13(14)9-10-15(17)26-3/h5-11,18H,4H2,1-3H3,(H,21,22,23)/t18-/m0/s1. The van der Waals surface area contributed by atoms with Gasteiger partial charge < -0.3 is 14.8 Å². The summed E-state index contributed by atoms with van der Waals surface area (Å²) >= 11 is 0. The van der Waals surface area contributed by atoms with Crippen LogP contribution in [0.25, 0.3) is 10.8 Å². The third-order valence-electron chi connectivity index (χ3n) is 4.71. The lowest BCUT2D eigenvalue weighted by Crippen LogP contribution is -2.30. The highest BCUT2D eigenvalue weighted by atomic mass is 16.5. The Hall–Kier alpha value is -3.35. The topological polar surface area (TPSA) is 78.3 Å². The van der Waals surface area contributed by atoms with Gasteiger partial charge in [-0.25, -0.2) is 9.48 Å². The van der Waals surface area contributed by atoms with Crippen molar-refractivity contribution in [1.29, 1.82) is 0 Å². The molecule has 2 heterocycles. The Kier molecular flexibility index (Phi) is 4.27. The molecule has 1 aliphatic rings. The van der Waals surface area contributed by atoms with Crippen LogP contribution in [0, 0.1) is 0 Å². The lowest BCUT2D eigenvalue weighted by molar-refractivity contribution is -0.139. The number of nitrogens with one attached hydrogen (secondary N) is 1. The number of nitrogens with zero attached hydrogens (tertiary/aromatic N) is 3. The Balaban J connectivity index is 2.04. The van der Waals surface area contributed by atoms with Crippen LogP contribution in [0.2, 0.25) is 0 Å². The first-order chi connectivity index (χ1) is 13.2. The van der Waals surface area contributed by atoms with Crippen molar-refractivity contribution in [3.05, 3.63) is 59.6 Å². The number of fused-ring (bicyclic) bond motifs is 2. The maximum atomic E-state index is 12.8. The number of ether oxygens (including phenoxy) is 2. The molecular weight excluding hydrogens is 344 g/mol. The highest BCUT2D eigenvalue weighted by Crippen LogP contribution is 2.42. The van der Waals surface area contributed by atoms with Gasteiger partial charge in [0.15, 0.2) is 0 Å². The van der Waals surface area contributed by atoms with E-state index in [1.807, 2.05) is 43.3 Å². The van der Waals surface area contributed by atoms with E-state index in [9.17, 15) is 4.79 Å². The van der Waals surface area contributed by atoms with Crippen LogP contribution >= 0.6 is 0 Å². The third kappa shape index (κ3) is 2.71. The predicted octanol–water partition coefficient (Wildman–Crippen LogP) is 3.29. The monoisotopic (exact) mass is 364 g/mol. The van der Waals surface area contributed by atoms with Gasteiger partial charge in [0.25, 0.3) is 0 Å². The number of carbonyl (C=O) groups is 1. The first-order valence-electron chi connectivity index (χ1n) is 8.75. The highest BCUT2D eigenvalue weighted by molar-refractivity contribution is 5.96. The van der Waals surface area contributed by atoms with Gasteiger partial charge in [0, 0.05) is 11.3 Å². The second-order valence-corrected chi connectivity index (χ2v) is 6.22. The second-order valence-electron chi connectivity index (χ2n) is 6.22. The van der Waals surface area contributed by atoms with Crippen LogP contribution in [-0.4, -0.2) is 34.5 Å². The van der Waals surface area contributed by atoms with Gasteiger partial charge in [-0.1, -0.05) is 30.3 Å². The molecule has 27 heavy (non-hydrogen) atoms. The second kappa shape index (κ2) is 6.75. The van der Waals surface area contributed by atoms with Crippen LogP contribution in [0.15, 0.2) is 54.0 Å². The summed E-state index contributed by atoms with van der Waals surface area (Å²) in [5.41, 5.74) is 2.03. The molecule has 1 N–H and O–H groups in total. The van der Waals surface area contributed by atoms with Crippen molar-refractivity contribution < 1.29 is 14.3 Å². The normalized spacial score (nSPS) is 16.0. The van der Waals surface area contributed by atoms with Gasteiger partial charge in [-0.15, -0.1) is 0 Å². The van der Waals surface area contributed by atoms with Crippen molar-refractivity contribution in [3.63, 3.8) is 0 Å². The van der Waals surface area contributed by atoms with Gasteiger partial charge in [0.05, 0.1) is 19.3 Å². The molecule has 0 amide bonds. The fourth-order valence-corrected chi connectivity index (χ4v) is 3.57. The Morgan fingerprint density at radius 1 is 1.26 bits per heavy atom. The van der Waals surface area contributed by atoms with Crippen molar-refractivity contribution in [1.82, 2.24) is 14.8 Å². The van der Waals surface area contributed by atoms with Crippen molar-refractivity contribution in [3.8, 4) is 5.75 Å². The maximum absolute atomic E-state index is 12.8. The quantitative estimate of drug-likeness (QED) is 0.716. The summed E-state index contributed by atoms with van der Waals surface area (Å²) in [4.78, 5) is 17.1. The minimum absolute atomic E-state index is 0.291. The van der Waals surface area contributed by atoms with E-state index in [0.29, 0.717) is 29.6 Å².